The van der Waals surface area contributed by atoms with E-state index in [-0.39, 0.29) is 0 Å². The van der Waals surface area contributed by atoms with Crippen molar-refractivity contribution in [2.45, 2.75) is 0 Å². The molecule has 6 heteroatoms. The van der Waals surface area contributed by atoms with Gasteiger partial charge in [0.1, 0.15) is 23.5 Å². The molecular weight excluding hydrogens is 242 g/mol. The van der Waals surface area contributed by atoms with Gasteiger partial charge in [-0.1, -0.05) is 12.1 Å². The fourth-order valence-electron chi connectivity index (χ4n) is 1.77. The lowest BCUT2D eigenvalue weighted by Crippen LogP contribution is -1.95. The van der Waals surface area contributed by atoms with Gasteiger partial charge in [0.15, 0.2) is 5.65 Å². The third-order valence-corrected chi connectivity index (χ3v) is 2.71. The molecule has 3 aromatic rings. The van der Waals surface area contributed by atoms with Gasteiger partial charge >= 0.3 is 0 Å². The minimum atomic E-state index is 0.390. The van der Waals surface area contributed by atoms with Crippen LogP contribution in [0.15, 0.2) is 36.8 Å². The number of aryl methyl sites for hydroxylation is 1. The lowest BCUT2D eigenvalue weighted by atomic mass is 10.2. The lowest BCUT2D eigenvalue weighted by molar-refractivity contribution is 0.466. The molecule has 0 aliphatic carbocycles. The van der Waals surface area contributed by atoms with Crippen LogP contribution in [-0.2, 0) is 7.05 Å². The summed E-state index contributed by atoms with van der Waals surface area (Å²) in [4.78, 5) is 8.22. The van der Waals surface area contributed by atoms with Crippen LogP contribution in [-0.4, -0.2) is 19.7 Å². The Bertz CT molecular complexity index is 787. The summed E-state index contributed by atoms with van der Waals surface area (Å²) in [7, 11) is 1.79. The summed E-state index contributed by atoms with van der Waals surface area (Å²) in [6, 6.07) is 9.08. The SMILES string of the molecule is Cn1ncc2c(Oc3ccccc3C#N)ncnc21. The highest BCUT2D eigenvalue weighted by Crippen LogP contribution is 2.27. The van der Waals surface area contributed by atoms with Gasteiger partial charge in [0.05, 0.1) is 11.8 Å². The van der Waals surface area contributed by atoms with Gasteiger partial charge in [-0.05, 0) is 12.1 Å². The summed E-state index contributed by atoms with van der Waals surface area (Å²) in [5, 5.41) is 13.9. The zero-order valence-corrected chi connectivity index (χ0v) is 10.1. The number of ether oxygens (including phenoxy) is 1. The molecule has 3 rings (SSSR count). The molecule has 92 valence electrons. The second-order valence-electron chi connectivity index (χ2n) is 3.89. The van der Waals surface area contributed by atoms with Crippen molar-refractivity contribution >= 4 is 11.0 Å². The Balaban J connectivity index is 2.09. The molecule has 1 aromatic carbocycles. The zero-order chi connectivity index (χ0) is 13.2. The van der Waals surface area contributed by atoms with E-state index in [9.17, 15) is 0 Å². The van der Waals surface area contributed by atoms with Crippen molar-refractivity contribution in [3.63, 3.8) is 0 Å². The first-order chi connectivity index (χ1) is 9.29. The average Bonchev–Trinajstić information content (AvgIpc) is 2.82. The van der Waals surface area contributed by atoms with Crippen LogP contribution in [0.5, 0.6) is 11.6 Å². The maximum atomic E-state index is 9.03. The van der Waals surface area contributed by atoms with Crippen LogP contribution in [0.2, 0.25) is 0 Å². The van der Waals surface area contributed by atoms with Crippen molar-refractivity contribution in [3.8, 4) is 17.7 Å². The van der Waals surface area contributed by atoms with Crippen molar-refractivity contribution in [1.82, 2.24) is 19.7 Å². The van der Waals surface area contributed by atoms with Crippen LogP contribution in [0.1, 0.15) is 5.56 Å². The maximum Gasteiger partial charge on any atom is 0.233 e. The highest BCUT2D eigenvalue weighted by atomic mass is 16.5. The van der Waals surface area contributed by atoms with E-state index >= 15 is 0 Å². The average molecular weight is 251 g/mol. The minimum Gasteiger partial charge on any atom is -0.437 e. The smallest absolute Gasteiger partial charge is 0.233 e. The molecule has 0 unspecified atom stereocenters. The molecule has 2 heterocycles. The van der Waals surface area contributed by atoms with Gasteiger partial charge in [-0.3, -0.25) is 4.68 Å². The molecule has 0 atom stereocenters. The zero-order valence-electron chi connectivity index (χ0n) is 10.1. The fraction of sp³-hybridized carbons (Fsp3) is 0.0769. The van der Waals surface area contributed by atoms with E-state index < -0.39 is 0 Å². The Labute approximate surface area is 108 Å². The van der Waals surface area contributed by atoms with Gasteiger partial charge in [0, 0.05) is 7.05 Å². The summed E-state index contributed by atoms with van der Waals surface area (Å²) >= 11 is 0. The van der Waals surface area contributed by atoms with Crippen LogP contribution in [0.4, 0.5) is 0 Å². The normalized spacial score (nSPS) is 10.3. The molecule has 0 aliphatic heterocycles. The van der Waals surface area contributed by atoms with Crippen molar-refractivity contribution in [2.75, 3.05) is 0 Å². The Hall–Kier alpha value is -2.94. The number of nitrogens with zero attached hydrogens (tertiary/aromatic N) is 5. The van der Waals surface area contributed by atoms with E-state index in [2.05, 4.69) is 21.1 Å². The number of para-hydroxylation sites is 1. The minimum absolute atomic E-state index is 0.390. The first-order valence-electron chi connectivity index (χ1n) is 5.59. The molecule has 0 bridgehead atoms. The summed E-state index contributed by atoms with van der Waals surface area (Å²) in [5.41, 5.74) is 1.14. The molecule has 0 amide bonds. The van der Waals surface area contributed by atoms with E-state index in [0.717, 1.165) is 0 Å². The van der Waals surface area contributed by atoms with Gasteiger partial charge in [0.25, 0.3) is 0 Å². The van der Waals surface area contributed by atoms with Gasteiger partial charge in [-0.25, -0.2) is 9.97 Å². The maximum absolute atomic E-state index is 9.03. The van der Waals surface area contributed by atoms with Crippen molar-refractivity contribution < 1.29 is 4.74 Å². The summed E-state index contributed by atoms with van der Waals surface area (Å²) in [6.45, 7) is 0. The van der Waals surface area contributed by atoms with Crippen LogP contribution in [0.3, 0.4) is 0 Å². The number of aromatic nitrogens is 4. The largest absolute Gasteiger partial charge is 0.437 e. The highest BCUT2D eigenvalue weighted by Gasteiger charge is 2.11. The lowest BCUT2D eigenvalue weighted by Gasteiger charge is -2.06. The van der Waals surface area contributed by atoms with E-state index in [0.29, 0.717) is 28.2 Å². The first kappa shape index (κ1) is 11.2. The summed E-state index contributed by atoms with van der Waals surface area (Å²) < 4.78 is 7.34. The molecule has 0 fully saturated rings. The molecule has 0 aliphatic rings. The Kier molecular flexibility index (Phi) is 2.58. The van der Waals surface area contributed by atoms with Crippen LogP contribution < -0.4 is 4.74 Å². The van der Waals surface area contributed by atoms with E-state index in [1.165, 1.54) is 6.33 Å². The Morgan fingerprint density at radius 2 is 2.11 bits per heavy atom. The predicted octanol–water partition coefficient (Wildman–Crippen LogP) is 2.03. The molecule has 2 aromatic heterocycles. The van der Waals surface area contributed by atoms with Gasteiger partial charge in [0.2, 0.25) is 5.88 Å². The van der Waals surface area contributed by atoms with Gasteiger partial charge < -0.3 is 4.74 Å². The van der Waals surface area contributed by atoms with Gasteiger partial charge in [-0.2, -0.15) is 10.4 Å². The number of rotatable bonds is 2. The molecule has 0 spiro atoms. The quantitative estimate of drug-likeness (QED) is 0.696. The number of hydrogen-bond donors (Lipinski definition) is 0. The molecule has 0 N–H and O–H groups in total. The number of benzene rings is 1. The van der Waals surface area contributed by atoms with Gasteiger partial charge in [-0.15, -0.1) is 0 Å². The molecule has 0 saturated heterocycles. The van der Waals surface area contributed by atoms with Crippen molar-refractivity contribution in [2.24, 2.45) is 7.05 Å². The number of nitriles is 1. The fourth-order valence-corrected chi connectivity index (χ4v) is 1.77. The van der Waals surface area contributed by atoms with E-state index in [4.69, 9.17) is 10.00 Å². The third-order valence-electron chi connectivity index (χ3n) is 2.71. The Morgan fingerprint density at radius 1 is 1.26 bits per heavy atom. The van der Waals surface area contributed by atoms with Crippen LogP contribution in [0.25, 0.3) is 11.0 Å². The molecule has 19 heavy (non-hydrogen) atoms. The summed E-state index contributed by atoms with van der Waals surface area (Å²) in [5.74, 6) is 0.856. The number of hydrogen-bond acceptors (Lipinski definition) is 5. The third kappa shape index (κ3) is 1.87. The molecule has 6 nitrogen and oxygen atoms in total. The Morgan fingerprint density at radius 3 is 2.95 bits per heavy atom. The number of fused-ring (bicyclic) bond motifs is 1. The predicted molar refractivity (Wildman–Crippen MR) is 67.5 cm³/mol. The topological polar surface area (TPSA) is 76.6 Å². The van der Waals surface area contributed by atoms with E-state index in [1.807, 2.05) is 0 Å². The van der Waals surface area contributed by atoms with Crippen LogP contribution >= 0.6 is 0 Å². The molecule has 0 radical (unpaired) electrons. The van der Waals surface area contributed by atoms with E-state index in [1.54, 1.807) is 42.2 Å². The first-order valence-corrected chi connectivity index (χ1v) is 5.59. The van der Waals surface area contributed by atoms with Crippen molar-refractivity contribution in [1.29, 1.82) is 5.26 Å². The molecular formula is C13H9N5O. The second kappa shape index (κ2) is 4.38. The van der Waals surface area contributed by atoms with Crippen LogP contribution in [0, 0.1) is 11.3 Å². The standard InChI is InChI=1S/C13H9N5O/c1-18-12-10(7-17-18)13(16-8-15-12)19-11-5-3-2-4-9(11)6-14/h2-5,7-8H,1H3. The molecule has 0 saturated carbocycles. The summed E-state index contributed by atoms with van der Waals surface area (Å²) in [6.07, 6.45) is 3.05. The second-order valence-corrected chi connectivity index (χ2v) is 3.89. The van der Waals surface area contributed by atoms with Crippen molar-refractivity contribution in [3.05, 3.63) is 42.4 Å². The highest BCUT2D eigenvalue weighted by molar-refractivity contribution is 5.80. The monoisotopic (exact) mass is 251 g/mol.